The molecule has 3 N–H and O–H groups in total. The molecule has 0 bridgehead atoms. The monoisotopic (exact) mass is 304 g/mol. The molecule has 1 aliphatic heterocycles. The summed E-state index contributed by atoms with van der Waals surface area (Å²) < 4.78 is 6.39. The highest BCUT2D eigenvalue weighted by molar-refractivity contribution is 9.10. The van der Waals surface area contributed by atoms with Gasteiger partial charge in [0, 0.05) is 22.0 Å². The van der Waals surface area contributed by atoms with Gasteiger partial charge in [0.2, 0.25) is 0 Å². The number of rotatable bonds is 3. The molecule has 16 heavy (non-hydrogen) atoms. The van der Waals surface area contributed by atoms with Crippen LogP contribution in [0.3, 0.4) is 0 Å². The smallest absolute Gasteiger partial charge is 0.0526 e. The highest BCUT2D eigenvalue weighted by Gasteiger charge is 2.27. The van der Waals surface area contributed by atoms with Gasteiger partial charge in [-0.2, -0.15) is 0 Å². The Morgan fingerprint density at radius 2 is 2.38 bits per heavy atom. The maximum Gasteiger partial charge on any atom is 0.0526 e. The third-order valence-corrected chi connectivity index (χ3v) is 3.75. The van der Waals surface area contributed by atoms with Crippen LogP contribution in [0, 0.1) is 5.92 Å². The number of hydrazine groups is 1. The topological polar surface area (TPSA) is 47.3 Å². The lowest BCUT2D eigenvalue weighted by molar-refractivity contribution is 0.177. The molecular weight excluding hydrogens is 291 g/mol. The van der Waals surface area contributed by atoms with E-state index in [-0.39, 0.29) is 6.04 Å². The number of hydrogen-bond acceptors (Lipinski definition) is 3. The van der Waals surface area contributed by atoms with Gasteiger partial charge < -0.3 is 4.74 Å². The van der Waals surface area contributed by atoms with E-state index >= 15 is 0 Å². The van der Waals surface area contributed by atoms with Crippen LogP contribution in [0.1, 0.15) is 18.0 Å². The van der Waals surface area contributed by atoms with Crippen LogP contribution in [0.25, 0.3) is 0 Å². The van der Waals surface area contributed by atoms with Gasteiger partial charge in [0.1, 0.15) is 0 Å². The number of nitrogens with one attached hydrogen (secondary N) is 1. The SMILES string of the molecule is NNC(c1cc(Br)ccc1Cl)C1CCOC1. The van der Waals surface area contributed by atoms with Crippen LogP contribution in [0.2, 0.25) is 5.02 Å². The molecule has 2 rings (SSSR count). The fourth-order valence-corrected chi connectivity index (χ4v) is 2.66. The van der Waals surface area contributed by atoms with Crippen LogP contribution in [0.5, 0.6) is 0 Å². The molecule has 0 radical (unpaired) electrons. The Hall–Kier alpha value is -0.130. The lowest BCUT2D eigenvalue weighted by Crippen LogP contribution is -2.34. The zero-order valence-corrected chi connectivity index (χ0v) is 11.1. The van der Waals surface area contributed by atoms with E-state index in [1.807, 2.05) is 18.2 Å². The molecule has 2 atom stereocenters. The normalized spacial score (nSPS) is 22.3. The Balaban J connectivity index is 2.28. The van der Waals surface area contributed by atoms with Gasteiger partial charge >= 0.3 is 0 Å². The first kappa shape index (κ1) is 12.3. The Kier molecular flexibility index (Phi) is 4.21. The van der Waals surface area contributed by atoms with E-state index in [0.717, 1.165) is 34.7 Å². The van der Waals surface area contributed by atoms with Gasteiger partial charge in [0.25, 0.3) is 0 Å². The molecule has 2 unspecified atom stereocenters. The molecule has 1 aromatic carbocycles. The second kappa shape index (κ2) is 5.47. The van der Waals surface area contributed by atoms with Crippen LogP contribution in [0.4, 0.5) is 0 Å². The van der Waals surface area contributed by atoms with Gasteiger partial charge in [-0.1, -0.05) is 27.5 Å². The molecule has 1 fully saturated rings. The second-order valence-electron chi connectivity index (χ2n) is 3.93. The van der Waals surface area contributed by atoms with Crippen LogP contribution >= 0.6 is 27.5 Å². The summed E-state index contributed by atoms with van der Waals surface area (Å²) in [6, 6.07) is 5.85. The van der Waals surface area contributed by atoms with E-state index in [2.05, 4.69) is 21.4 Å². The van der Waals surface area contributed by atoms with Gasteiger partial charge in [-0.15, -0.1) is 0 Å². The summed E-state index contributed by atoms with van der Waals surface area (Å²) in [7, 11) is 0. The van der Waals surface area contributed by atoms with Crippen molar-refractivity contribution in [3.8, 4) is 0 Å². The molecule has 1 saturated heterocycles. The average Bonchev–Trinajstić information content (AvgIpc) is 2.78. The number of hydrogen-bond donors (Lipinski definition) is 2. The van der Waals surface area contributed by atoms with Gasteiger partial charge in [0.05, 0.1) is 12.6 Å². The minimum absolute atomic E-state index is 0.0486. The molecule has 3 nitrogen and oxygen atoms in total. The minimum Gasteiger partial charge on any atom is -0.381 e. The first-order valence-electron chi connectivity index (χ1n) is 5.21. The zero-order chi connectivity index (χ0) is 11.5. The molecular formula is C11H14BrClN2O. The fraction of sp³-hybridized carbons (Fsp3) is 0.455. The summed E-state index contributed by atoms with van der Waals surface area (Å²) in [6.07, 6.45) is 1.01. The minimum atomic E-state index is 0.0486. The summed E-state index contributed by atoms with van der Waals surface area (Å²) in [5, 5.41) is 0.734. The van der Waals surface area contributed by atoms with Crippen molar-refractivity contribution in [1.82, 2.24) is 5.43 Å². The van der Waals surface area contributed by atoms with Crippen LogP contribution in [0.15, 0.2) is 22.7 Å². The third-order valence-electron chi connectivity index (χ3n) is 2.91. The maximum atomic E-state index is 6.19. The van der Waals surface area contributed by atoms with Crippen molar-refractivity contribution >= 4 is 27.5 Å². The van der Waals surface area contributed by atoms with E-state index < -0.39 is 0 Å². The van der Waals surface area contributed by atoms with Crippen LogP contribution in [-0.2, 0) is 4.74 Å². The Labute approximate surface area is 108 Å². The van der Waals surface area contributed by atoms with Crippen molar-refractivity contribution < 1.29 is 4.74 Å². The maximum absolute atomic E-state index is 6.19. The van der Waals surface area contributed by atoms with Gasteiger partial charge in [-0.25, -0.2) is 0 Å². The van der Waals surface area contributed by atoms with Crippen molar-refractivity contribution in [3.05, 3.63) is 33.3 Å². The average molecular weight is 306 g/mol. The highest BCUT2D eigenvalue weighted by Crippen LogP contribution is 2.33. The molecule has 1 aliphatic rings. The standard InChI is InChI=1S/C11H14BrClN2O/c12-8-1-2-10(13)9(5-8)11(15-14)7-3-4-16-6-7/h1-2,5,7,11,15H,3-4,6,14H2. The summed E-state index contributed by atoms with van der Waals surface area (Å²) in [5.74, 6) is 6.01. The molecule has 88 valence electrons. The van der Waals surface area contributed by atoms with Gasteiger partial charge in [-0.05, 0) is 30.2 Å². The van der Waals surface area contributed by atoms with Crippen LogP contribution < -0.4 is 11.3 Å². The second-order valence-corrected chi connectivity index (χ2v) is 5.26. The predicted octanol–water partition coefficient (Wildman–Crippen LogP) is 2.64. The predicted molar refractivity (Wildman–Crippen MR) is 68.1 cm³/mol. The van der Waals surface area contributed by atoms with Crippen molar-refractivity contribution in [1.29, 1.82) is 0 Å². The molecule has 0 saturated carbocycles. The van der Waals surface area contributed by atoms with E-state index in [0.29, 0.717) is 5.92 Å². The quantitative estimate of drug-likeness (QED) is 0.667. The van der Waals surface area contributed by atoms with E-state index in [1.54, 1.807) is 0 Å². The molecule has 1 aromatic rings. The molecule has 0 amide bonds. The van der Waals surface area contributed by atoms with E-state index in [1.165, 1.54) is 0 Å². The number of benzene rings is 1. The van der Waals surface area contributed by atoms with Crippen molar-refractivity contribution in [3.63, 3.8) is 0 Å². The fourth-order valence-electron chi connectivity index (χ4n) is 2.05. The highest BCUT2D eigenvalue weighted by atomic mass is 79.9. The van der Waals surface area contributed by atoms with Gasteiger partial charge in [0.15, 0.2) is 0 Å². The van der Waals surface area contributed by atoms with Crippen molar-refractivity contribution in [2.45, 2.75) is 12.5 Å². The lowest BCUT2D eigenvalue weighted by atomic mass is 9.93. The summed E-state index contributed by atoms with van der Waals surface area (Å²) >= 11 is 9.63. The molecule has 5 heteroatoms. The van der Waals surface area contributed by atoms with Gasteiger partial charge in [-0.3, -0.25) is 11.3 Å². The van der Waals surface area contributed by atoms with Crippen molar-refractivity contribution in [2.24, 2.45) is 11.8 Å². The molecule has 0 aliphatic carbocycles. The summed E-state index contributed by atoms with van der Waals surface area (Å²) in [4.78, 5) is 0. The first-order valence-corrected chi connectivity index (χ1v) is 6.38. The van der Waals surface area contributed by atoms with Crippen molar-refractivity contribution in [2.75, 3.05) is 13.2 Å². The summed E-state index contributed by atoms with van der Waals surface area (Å²) in [6.45, 7) is 1.53. The number of nitrogens with two attached hydrogens (primary N) is 1. The van der Waals surface area contributed by atoms with E-state index in [4.69, 9.17) is 22.2 Å². The lowest BCUT2D eigenvalue weighted by Gasteiger charge is -2.23. The Bertz CT molecular complexity index is 369. The Morgan fingerprint density at radius 1 is 1.56 bits per heavy atom. The third kappa shape index (κ3) is 2.57. The van der Waals surface area contributed by atoms with Crippen LogP contribution in [-0.4, -0.2) is 13.2 Å². The number of halogens is 2. The zero-order valence-electron chi connectivity index (χ0n) is 8.75. The number of ether oxygens (including phenoxy) is 1. The molecule has 0 aromatic heterocycles. The Morgan fingerprint density at radius 3 is 3.00 bits per heavy atom. The first-order chi connectivity index (χ1) is 7.72. The molecule has 1 heterocycles. The summed E-state index contributed by atoms with van der Waals surface area (Å²) in [5.41, 5.74) is 3.87. The van der Waals surface area contributed by atoms with E-state index in [9.17, 15) is 0 Å². The largest absolute Gasteiger partial charge is 0.381 e. The molecule has 0 spiro atoms.